The second-order valence-corrected chi connectivity index (χ2v) is 6.63. The van der Waals surface area contributed by atoms with Gasteiger partial charge in [0.1, 0.15) is 5.75 Å². The fourth-order valence-corrected chi connectivity index (χ4v) is 2.86. The number of H-pyrrole nitrogens is 1. The van der Waals surface area contributed by atoms with E-state index in [1.54, 1.807) is 13.0 Å². The Morgan fingerprint density at radius 1 is 1.26 bits per heavy atom. The molecule has 0 bridgehead atoms. The monoisotopic (exact) mass is 403 g/mol. The van der Waals surface area contributed by atoms with Crippen molar-refractivity contribution < 1.29 is 9.13 Å². The van der Waals surface area contributed by atoms with Gasteiger partial charge in [-0.05, 0) is 42.8 Å². The molecule has 2 aromatic carbocycles. The summed E-state index contributed by atoms with van der Waals surface area (Å²) >= 11 is 12.0. The largest absolute Gasteiger partial charge is 0.453 e. The van der Waals surface area contributed by atoms with Gasteiger partial charge in [-0.3, -0.25) is 4.79 Å². The molecule has 0 radical (unpaired) electrons. The lowest BCUT2D eigenvalue weighted by Crippen LogP contribution is -2.13. The van der Waals surface area contributed by atoms with E-state index in [0.29, 0.717) is 11.3 Å². The summed E-state index contributed by atoms with van der Waals surface area (Å²) in [6, 6.07) is 10.9. The summed E-state index contributed by atoms with van der Waals surface area (Å²) in [7, 11) is 0. The first-order valence-corrected chi connectivity index (χ1v) is 8.53. The molecular weight excluding hydrogens is 392 g/mol. The smallest absolute Gasteiger partial charge is 0.267 e. The van der Waals surface area contributed by atoms with E-state index >= 15 is 0 Å². The number of halogens is 3. The van der Waals surface area contributed by atoms with Crippen LogP contribution in [0.1, 0.15) is 22.4 Å². The van der Waals surface area contributed by atoms with E-state index < -0.39 is 5.82 Å². The van der Waals surface area contributed by atoms with Crippen molar-refractivity contribution in [1.29, 1.82) is 5.26 Å². The summed E-state index contributed by atoms with van der Waals surface area (Å²) in [5.41, 5.74) is 1.24. The van der Waals surface area contributed by atoms with E-state index in [-0.39, 0.29) is 44.7 Å². The minimum absolute atomic E-state index is 0.0698. The summed E-state index contributed by atoms with van der Waals surface area (Å²) in [5.74, 6) is -0.650. The van der Waals surface area contributed by atoms with E-state index in [4.69, 9.17) is 33.2 Å². The van der Waals surface area contributed by atoms with Gasteiger partial charge in [-0.1, -0.05) is 29.3 Å². The standard InChI is InChI=1S/C19H12Cl2FN3O2/c1-10-4-14(24-25-19(10)26)7-12-2-3-16(21)18(17(12)22)27-15-6-11(9-23)5-13(20)8-15/h2-6,8H,7H2,1H3,(H,25,26). The Morgan fingerprint density at radius 2 is 2.04 bits per heavy atom. The van der Waals surface area contributed by atoms with Crippen molar-refractivity contribution in [2.45, 2.75) is 13.3 Å². The maximum Gasteiger partial charge on any atom is 0.267 e. The number of aryl methyl sites for hydroxylation is 1. The van der Waals surface area contributed by atoms with Crippen LogP contribution in [0.3, 0.4) is 0 Å². The molecule has 27 heavy (non-hydrogen) atoms. The zero-order chi connectivity index (χ0) is 19.6. The molecule has 0 aliphatic rings. The number of ether oxygens (including phenoxy) is 1. The Morgan fingerprint density at radius 3 is 2.74 bits per heavy atom. The quantitative estimate of drug-likeness (QED) is 0.679. The maximum atomic E-state index is 15.0. The summed E-state index contributed by atoms with van der Waals surface area (Å²) in [6.45, 7) is 1.64. The minimum Gasteiger partial charge on any atom is -0.453 e. The van der Waals surface area contributed by atoms with Crippen molar-refractivity contribution in [3.05, 3.63) is 85.0 Å². The first kappa shape index (κ1) is 18.9. The van der Waals surface area contributed by atoms with Crippen LogP contribution in [0.5, 0.6) is 11.5 Å². The average Bonchev–Trinajstić information content (AvgIpc) is 2.63. The number of hydrogen-bond donors (Lipinski definition) is 1. The molecule has 0 amide bonds. The second kappa shape index (κ2) is 7.78. The average molecular weight is 404 g/mol. The molecular formula is C19H12Cl2FN3O2. The van der Waals surface area contributed by atoms with Crippen molar-refractivity contribution in [3.8, 4) is 17.6 Å². The third-order valence-electron chi connectivity index (χ3n) is 3.76. The lowest BCUT2D eigenvalue weighted by Gasteiger charge is -2.12. The number of benzene rings is 2. The molecule has 3 rings (SSSR count). The molecule has 3 aromatic rings. The van der Waals surface area contributed by atoms with Gasteiger partial charge in [-0.2, -0.15) is 10.4 Å². The van der Waals surface area contributed by atoms with Crippen LogP contribution in [0.25, 0.3) is 0 Å². The predicted molar refractivity (Wildman–Crippen MR) is 100 cm³/mol. The molecule has 0 atom stereocenters. The summed E-state index contributed by atoms with van der Waals surface area (Å²) in [5, 5.41) is 15.6. The topological polar surface area (TPSA) is 78.8 Å². The molecule has 1 aromatic heterocycles. The Balaban J connectivity index is 1.96. The minimum atomic E-state index is -0.661. The fraction of sp³-hybridized carbons (Fsp3) is 0.105. The van der Waals surface area contributed by atoms with Crippen LogP contribution in [0.2, 0.25) is 10.0 Å². The van der Waals surface area contributed by atoms with Crippen molar-refractivity contribution in [3.63, 3.8) is 0 Å². The van der Waals surface area contributed by atoms with Crippen LogP contribution >= 0.6 is 23.2 Å². The number of aromatic nitrogens is 2. The van der Waals surface area contributed by atoms with Gasteiger partial charge in [-0.25, -0.2) is 9.49 Å². The van der Waals surface area contributed by atoms with Crippen LogP contribution in [0, 0.1) is 24.1 Å². The molecule has 0 unspecified atom stereocenters. The lowest BCUT2D eigenvalue weighted by atomic mass is 10.1. The van der Waals surface area contributed by atoms with Crippen molar-refractivity contribution in [2.75, 3.05) is 0 Å². The SMILES string of the molecule is Cc1cc(Cc2ccc(Cl)c(Oc3cc(Cl)cc(C#N)c3)c2F)n[nH]c1=O. The molecule has 8 heteroatoms. The van der Waals surface area contributed by atoms with Gasteiger partial charge in [0.05, 0.1) is 22.3 Å². The number of nitrogens with one attached hydrogen (secondary N) is 1. The number of rotatable bonds is 4. The Hall–Kier alpha value is -2.88. The predicted octanol–water partition coefficient (Wildman–Crippen LogP) is 4.78. The van der Waals surface area contributed by atoms with Gasteiger partial charge < -0.3 is 4.74 Å². The first-order chi connectivity index (χ1) is 12.9. The first-order valence-electron chi connectivity index (χ1n) is 7.78. The molecule has 136 valence electrons. The van der Waals surface area contributed by atoms with Crippen molar-refractivity contribution >= 4 is 23.2 Å². The van der Waals surface area contributed by atoms with Crippen molar-refractivity contribution in [1.82, 2.24) is 10.2 Å². The van der Waals surface area contributed by atoms with E-state index in [0.717, 1.165) is 0 Å². The van der Waals surface area contributed by atoms with E-state index in [2.05, 4.69) is 10.2 Å². The van der Waals surface area contributed by atoms with Gasteiger partial charge in [-0.15, -0.1) is 0 Å². The number of hydrogen-bond acceptors (Lipinski definition) is 4. The summed E-state index contributed by atoms with van der Waals surface area (Å²) < 4.78 is 20.5. The Kier molecular flexibility index (Phi) is 5.45. The van der Waals surface area contributed by atoms with Crippen LogP contribution < -0.4 is 10.3 Å². The molecule has 0 aliphatic heterocycles. The summed E-state index contributed by atoms with van der Waals surface area (Å²) in [4.78, 5) is 11.4. The molecule has 0 saturated carbocycles. The molecule has 5 nitrogen and oxygen atoms in total. The molecule has 0 aliphatic carbocycles. The molecule has 0 saturated heterocycles. The van der Waals surface area contributed by atoms with Gasteiger partial charge in [0.2, 0.25) is 0 Å². The Bertz CT molecular complexity index is 1120. The molecule has 0 spiro atoms. The zero-order valence-electron chi connectivity index (χ0n) is 14.0. The van der Waals surface area contributed by atoms with Crippen molar-refractivity contribution in [2.24, 2.45) is 0 Å². The second-order valence-electron chi connectivity index (χ2n) is 5.79. The highest BCUT2D eigenvalue weighted by Gasteiger charge is 2.16. The third kappa shape index (κ3) is 4.27. The van der Waals surface area contributed by atoms with Crippen LogP contribution in [0.15, 0.2) is 41.2 Å². The van der Waals surface area contributed by atoms with Gasteiger partial charge >= 0.3 is 0 Å². The Labute approximate surface area is 163 Å². The zero-order valence-corrected chi connectivity index (χ0v) is 15.5. The third-order valence-corrected chi connectivity index (χ3v) is 4.28. The highest BCUT2D eigenvalue weighted by atomic mass is 35.5. The number of aromatic amines is 1. The highest BCUT2D eigenvalue weighted by molar-refractivity contribution is 6.32. The maximum absolute atomic E-state index is 15.0. The molecule has 0 fully saturated rings. The fourth-order valence-electron chi connectivity index (χ4n) is 2.45. The molecule has 1 N–H and O–H groups in total. The van der Waals surface area contributed by atoms with Gasteiger partial charge in [0.25, 0.3) is 5.56 Å². The van der Waals surface area contributed by atoms with Crippen LogP contribution in [0.4, 0.5) is 4.39 Å². The number of nitrogens with zero attached hydrogens (tertiary/aromatic N) is 2. The normalized spacial score (nSPS) is 10.5. The molecule has 1 heterocycles. The van der Waals surface area contributed by atoms with Crippen LogP contribution in [-0.4, -0.2) is 10.2 Å². The van der Waals surface area contributed by atoms with Gasteiger partial charge in [0, 0.05) is 17.0 Å². The van der Waals surface area contributed by atoms with E-state index in [1.165, 1.54) is 30.3 Å². The van der Waals surface area contributed by atoms with E-state index in [1.807, 2.05) is 6.07 Å². The number of nitriles is 1. The van der Waals surface area contributed by atoms with E-state index in [9.17, 15) is 9.18 Å². The lowest BCUT2D eigenvalue weighted by molar-refractivity contribution is 0.439. The summed E-state index contributed by atoms with van der Waals surface area (Å²) in [6.07, 6.45) is 0.135. The van der Waals surface area contributed by atoms with Gasteiger partial charge in [0.15, 0.2) is 11.6 Å². The highest BCUT2D eigenvalue weighted by Crippen LogP contribution is 2.35. The van der Waals surface area contributed by atoms with Crippen LogP contribution in [-0.2, 0) is 6.42 Å².